The minimum Gasteiger partial charge on any atom is -0.484 e. The van der Waals surface area contributed by atoms with Crippen LogP contribution in [0.4, 0.5) is 4.39 Å². The van der Waals surface area contributed by atoms with E-state index in [-0.39, 0.29) is 18.0 Å². The second-order valence-electron chi connectivity index (χ2n) is 4.94. The lowest BCUT2D eigenvalue weighted by Gasteiger charge is -2.32. The largest absolute Gasteiger partial charge is 0.484 e. The first kappa shape index (κ1) is 13.5. The number of hydrogen-bond donors (Lipinski definition) is 1. The van der Waals surface area contributed by atoms with Crippen LogP contribution in [-0.4, -0.2) is 11.5 Å². The molecule has 2 heterocycles. The van der Waals surface area contributed by atoms with Crippen LogP contribution in [0.2, 0.25) is 0 Å². The van der Waals surface area contributed by atoms with Gasteiger partial charge in [0.2, 0.25) is 0 Å². The molecule has 2 unspecified atom stereocenters. The topological polar surface area (TPSA) is 34.2 Å². The maximum atomic E-state index is 13.4. The Labute approximate surface area is 121 Å². The lowest BCUT2D eigenvalue weighted by atomic mass is 9.95. The summed E-state index contributed by atoms with van der Waals surface area (Å²) >= 11 is 1.55. The van der Waals surface area contributed by atoms with Gasteiger partial charge in [-0.15, -0.1) is 11.3 Å². The highest BCUT2D eigenvalue weighted by Gasteiger charge is 2.30. The molecule has 1 N–H and O–H groups in total. The highest BCUT2D eigenvalue weighted by atomic mass is 32.1. The molecule has 0 fully saturated rings. The molecule has 20 heavy (non-hydrogen) atoms. The third-order valence-electron chi connectivity index (χ3n) is 3.49. The van der Waals surface area contributed by atoms with Crippen LogP contribution in [-0.2, 0) is 0 Å². The second kappa shape index (κ2) is 5.89. The Hall–Kier alpha value is -1.46. The van der Waals surface area contributed by atoms with E-state index in [1.807, 2.05) is 11.4 Å². The number of aromatic nitrogens is 1. The molecule has 0 amide bonds. The van der Waals surface area contributed by atoms with Crippen molar-refractivity contribution in [1.82, 2.24) is 10.3 Å². The van der Waals surface area contributed by atoms with Crippen LogP contribution in [0, 0.1) is 5.82 Å². The molecule has 3 rings (SSSR count). The number of nitrogens with one attached hydrogen (secondary N) is 1. The Balaban J connectivity index is 1.90. The Bertz CT molecular complexity index is 573. The van der Waals surface area contributed by atoms with Gasteiger partial charge in [0.15, 0.2) is 0 Å². The molecule has 0 radical (unpaired) electrons. The fraction of sp³-hybridized carbons (Fsp3) is 0.400. The Morgan fingerprint density at radius 2 is 2.40 bits per heavy atom. The van der Waals surface area contributed by atoms with Crippen molar-refractivity contribution in [2.45, 2.75) is 31.9 Å². The van der Waals surface area contributed by atoms with Crippen LogP contribution in [0.25, 0.3) is 0 Å². The minimum atomic E-state index is -0.267. The molecule has 1 aromatic carbocycles. The standard InChI is InChI=1S/C15H17FN2OS/c1-2-5-17-12-7-15(13-8-20-9-18-13)19-14-6-10(16)3-4-11(12)14/h3-4,6,8-9,12,15,17H,2,5,7H2,1H3. The summed E-state index contributed by atoms with van der Waals surface area (Å²) in [7, 11) is 0. The quantitative estimate of drug-likeness (QED) is 0.929. The van der Waals surface area contributed by atoms with E-state index in [4.69, 9.17) is 4.74 Å². The van der Waals surface area contributed by atoms with E-state index in [1.54, 1.807) is 16.8 Å². The first-order valence-corrected chi connectivity index (χ1v) is 7.79. The summed E-state index contributed by atoms with van der Waals surface area (Å²) in [6.45, 7) is 3.07. The van der Waals surface area contributed by atoms with Crippen LogP contribution in [0.1, 0.15) is 43.2 Å². The molecule has 106 valence electrons. The van der Waals surface area contributed by atoms with Gasteiger partial charge in [0.1, 0.15) is 17.7 Å². The van der Waals surface area contributed by atoms with Gasteiger partial charge in [-0.05, 0) is 19.0 Å². The van der Waals surface area contributed by atoms with Crippen molar-refractivity contribution in [3.63, 3.8) is 0 Å². The highest BCUT2D eigenvalue weighted by Crippen LogP contribution is 2.40. The molecule has 3 nitrogen and oxygen atoms in total. The first-order valence-electron chi connectivity index (χ1n) is 6.85. The third kappa shape index (κ3) is 2.69. The van der Waals surface area contributed by atoms with Gasteiger partial charge in [-0.1, -0.05) is 13.0 Å². The van der Waals surface area contributed by atoms with Gasteiger partial charge in [-0.3, -0.25) is 0 Å². The van der Waals surface area contributed by atoms with Crippen LogP contribution in [0.3, 0.4) is 0 Å². The van der Waals surface area contributed by atoms with E-state index in [0.717, 1.165) is 30.6 Å². The van der Waals surface area contributed by atoms with Crippen LogP contribution < -0.4 is 10.1 Å². The zero-order chi connectivity index (χ0) is 13.9. The molecule has 2 aromatic rings. The second-order valence-corrected chi connectivity index (χ2v) is 5.66. The Morgan fingerprint density at radius 3 is 3.15 bits per heavy atom. The van der Waals surface area contributed by atoms with Gasteiger partial charge < -0.3 is 10.1 Å². The number of hydrogen-bond acceptors (Lipinski definition) is 4. The molecule has 1 aromatic heterocycles. The monoisotopic (exact) mass is 292 g/mol. The van der Waals surface area contributed by atoms with Gasteiger partial charge in [0, 0.05) is 29.5 Å². The van der Waals surface area contributed by atoms with E-state index < -0.39 is 0 Å². The predicted molar refractivity (Wildman–Crippen MR) is 77.5 cm³/mol. The molecule has 0 spiro atoms. The molecule has 2 atom stereocenters. The number of fused-ring (bicyclic) bond motifs is 1. The van der Waals surface area contributed by atoms with Crippen molar-refractivity contribution >= 4 is 11.3 Å². The van der Waals surface area contributed by atoms with E-state index >= 15 is 0 Å². The number of rotatable bonds is 4. The number of nitrogens with zero attached hydrogens (tertiary/aromatic N) is 1. The maximum absolute atomic E-state index is 13.4. The first-order chi connectivity index (χ1) is 9.78. The molecule has 0 bridgehead atoms. The van der Waals surface area contributed by atoms with Crippen molar-refractivity contribution in [3.8, 4) is 5.75 Å². The summed E-state index contributed by atoms with van der Waals surface area (Å²) in [5.74, 6) is 0.361. The van der Waals surface area contributed by atoms with E-state index in [9.17, 15) is 4.39 Å². The lowest BCUT2D eigenvalue weighted by Crippen LogP contribution is -2.29. The average molecular weight is 292 g/mol. The fourth-order valence-electron chi connectivity index (χ4n) is 2.51. The molecule has 5 heteroatoms. The van der Waals surface area contributed by atoms with Gasteiger partial charge in [-0.2, -0.15) is 0 Å². The highest BCUT2D eigenvalue weighted by molar-refractivity contribution is 7.07. The Kier molecular flexibility index (Phi) is 3.98. The summed E-state index contributed by atoms with van der Waals surface area (Å²) in [5.41, 5.74) is 3.76. The third-order valence-corrected chi connectivity index (χ3v) is 4.10. The molecular formula is C15H17FN2OS. The Morgan fingerprint density at radius 1 is 1.50 bits per heavy atom. The maximum Gasteiger partial charge on any atom is 0.143 e. The summed E-state index contributed by atoms with van der Waals surface area (Å²) in [4.78, 5) is 4.32. The van der Waals surface area contributed by atoms with Crippen molar-refractivity contribution < 1.29 is 9.13 Å². The van der Waals surface area contributed by atoms with Crippen molar-refractivity contribution in [3.05, 3.63) is 46.2 Å². The van der Waals surface area contributed by atoms with E-state index in [0.29, 0.717) is 5.75 Å². The molecule has 0 saturated carbocycles. The summed E-state index contributed by atoms with van der Waals surface area (Å²) in [6, 6.07) is 4.96. The number of halogens is 1. The SMILES string of the molecule is CCCNC1CC(c2cscn2)Oc2cc(F)ccc21. The van der Waals surface area contributed by atoms with Gasteiger partial charge in [-0.25, -0.2) is 9.37 Å². The summed E-state index contributed by atoms with van der Waals surface area (Å²) in [6.07, 6.45) is 1.78. The molecule has 0 saturated heterocycles. The summed E-state index contributed by atoms with van der Waals surface area (Å²) in [5, 5.41) is 5.50. The zero-order valence-electron chi connectivity index (χ0n) is 11.3. The number of thiazole rings is 1. The van der Waals surface area contributed by atoms with Crippen LogP contribution >= 0.6 is 11.3 Å². The van der Waals surface area contributed by atoms with Crippen molar-refractivity contribution in [2.75, 3.05) is 6.54 Å². The molecule has 1 aliphatic heterocycles. The number of benzene rings is 1. The van der Waals surface area contributed by atoms with Crippen LogP contribution in [0.5, 0.6) is 5.75 Å². The van der Waals surface area contributed by atoms with Crippen molar-refractivity contribution in [2.24, 2.45) is 0 Å². The van der Waals surface area contributed by atoms with Crippen LogP contribution in [0.15, 0.2) is 29.1 Å². The van der Waals surface area contributed by atoms with Gasteiger partial charge in [0.05, 0.1) is 11.2 Å². The van der Waals surface area contributed by atoms with Gasteiger partial charge >= 0.3 is 0 Å². The molecule has 1 aliphatic rings. The predicted octanol–water partition coefficient (Wildman–Crippen LogP) is 3.85. The minimum absolute atomic E-state index is 0.107. The number of ether oxygens (including phenoxy) is 1. The van der Waals surface area contributed by atoms with Gasteiger partial charge in [0.25, 0.3) is 0 Å². The van der Waals surface area contributed by atoms with E-state index in [1.165, 1.54) is 12.1 Å². The lowest BCUT2D eigenvalue weighted by molar-refractivity contribution is 0.147. The summed E-state index contributed by atoms with van der Waals surface area (Å²) < 4.78 is 19.4. The zero-order valence-corrected chi connectivity index (χ0v) is 12.1. The van der Waals surface area contributed by atoms with E-state index in [2.05, 4.69) is 17.2 Å². The van der Waals surface area contributed by atoms with Crippen molar-refractivity contribution in [1.29, 1.82) is 0 Å². The molecular weight excluding hydrogens is 275 g/mol. The molecule has 0 aliphatic carbocycles. The smallest absolute Gasteiger partial charge is 0.143 e. The fourth-order valence-corrected chi connectivity index (χ4v) is 3.11. The average Bonchev–Trinajstić information content (AvgIpc) is 2.98. The normalized spacial score (nSPS) is 21.3.